The highest BCUT2D eigenvalue weighted by atomic mass is 32.1. The van der Waals surface area contributed by atoms with E-state index in [1.807, 2.05) is 52.0 Å². The summed E-state index contributed by atoms with van der Waals surface area (Å²) in [5, 5.41) is 6.27. The molecule has 16 nitrogen and oxygen atoms in total. The molecule has 2 saturated heterocycles. The lowest BCUT2D eigenvalue weighted by molar-refractivity contribution is -0.136. The van der Waals surface area contributed by atoms with E-state index in [1.54, 1.807) is 33.5 Å². The van der Waals surface area contributed by atoms with Gasteiger partial charge in [-0.2, -0.15) is 0 Å². The van der Waals surface area contributed by atoms with Crippen LogP contribution in [0.5, 0.6) is 5.75 Å². The summed E-state index contributed by atoms with van der Waals surface area (Å²) in [4.78, 5) is 73.9. The van der Waals surface area contributed by atoms with Crippen molar-refractivity contribution in [1.82, 2.24) is 44.9 Å². The topological polar surface area (TPSA) is 189 Å². The second-order valence-corrected chi connectivity index (χ2v) is 20.0. The molecule has 4 amide bonds. The number of alkyl carbamates (subject to hydrolysis) is 2. The number of likely N-dealkylation sites (tertiary alicyclic amines) is 2. The molecule has 3 aliphatic rings. The number of ether oxygens (including phenoxy) is 3. The average Bonchev–Trinajstić information content (AvgIpc) is 4.18. The van der Waals surface area contributed by atoms with Crippen LogP contribution in [0.3, 0.4) is 0 Å². The largest absolute Gasteiger partial charge is 0.464 e. The number of methoxy groups -OCH3 is 2. The summed E-state index contributed by atoms with van der Waals surface area (Å²) >= 11 is 1.67. The van der Waals surface area contributed by atoms with Crippen LogP contribution in [0, 0.1) is 17.7 Å². The van der Waals surface area contributed by atoms with Gasteiger partial charge in [-0.3, -0.25) is 14.2 Å². The molecule has 4 aromatic heterocycles. The fourth-order valence-corrected chi connectivity index (χ4v) is 10.8. The fourth-order valence-electron chi connectivity index (χ4n) is 9.79. The van der Waals surface area contributed by atoms with Crippen molar-refractivity contribution < 1.29 is 37.8 Å². The maximum atomic E-state index is 16.9. The Morgan fingerprint density at radius 2 is 1.34 bits per heavy atom. The minimum absolute atomic E-state index is 0.152. The minimum atomic E-state index is -0.771. The van der Waals surface area contributed by atoms with Crippen molar-refractivity contribution >= 4 is 46.2 Å². The van der Waals surface area contributed by atoms with Gasteiger partial charge in [0.05, 0.1) is 71.7 Å². The smallest absolute Gasteiger partial charge is 0.407 e. The molecule has 1 unspecified atom stereocenters. The zero-order valence-electron chi connectivity index (χ0n) is 39.5. The van der Waals surface area contributed by atoms with Crippen molar-refractivity contribution in [2.24, 2.45) is 11.8 Å². The standard InChI is InChI=1S/C50H58FN9O7S/c1-25(2)39-15-16-40(68-39)48-60-34-14-13-28(32-23-52-44(54-32)35-11-9-17-58(35)46(61)42(26(3)4)56-49(63)65-7)19-30(34)21-37(60)41-31(51)20-29(22-38(41)67-48)33-24-53-45(55-33)36-12-10-18-59(36)47(62)43(27(5)6)57-50(64)66-8/h13-16,19-27,35-36,42-43,48H,9-12,17-18H2,1-8H3,(H,52,54)(H,53,55)(H,56,63)(H,57,64)/t35-,36-,42-,43-,48?/m0/s1. The number of rotatable bonds is 12. The average molecular weight is 948 g/mol. The highest BCUT2D eigenvalue weighted by molar-refractivity contribution is 7.12. The van der Waals surface area contributed by atoms with Gasteiger partial charge in [-0.15, -0.1) is 11.3 Å². The van der Waals surface area contributed by atoms with Crippen LogP contribution in [0.1, 0.15) is 113 Å². The number of aromatic nitrogens is 5. The van der Waals surface area contributed by atoms with E-state index >= 15 is 4.39 Å². The highest BCUT2D eigenvalue weighted by Crippen LogP contribution is 2.49. The molecule has 0 radical (unpaired) electrons. The third-order valence-corrected chi connectivity index (χ3v) is 14.8. The Kier molecular flexibility index (Phi) is 12.8. The number of hydrogen-bond donors (Lipinski definition) is 4. The van der Waals surface area contributed by atoms with Gasteiger partial charge >= 0.3 is 12.2 Å². The molecular weight excluding hydrogens is 890 g/mol. The first-order valence-electron chi connectivity index (χ1n) is 23.3. The molecule has 358 valence electrons. The number of aromatic amines is 2. The molecule has 6 aromatic rings. The second-order valence-electron chi connectivity index (χ2n) is 18.8. The van der Waals surface area contributed by atoms with Gasteiger partial charge in [0, 0.05) is 34.5 Å². The van der Waals surface area contributed by atoms with E-state index in [0.29, 0.717) is 65.3 Å². The number of thiophene rings is 1. The summed E-state index contributed by atoms with van der Waals surface area (Å²) in [6.45, 7) is 12.9. The highest BCUT2D eigenvalue weighted by Gasteiger charge is 2.40. The molecule has 3 aliphatic heterocycles. The molecule has 0 bridgehead atoms. The van der Waals surface area contributed by atoms with Crippen molar-refractivity contribution in [2.45, 2.75) is 104 Å². The Morgan fingerprint density at radius 1 is 0.765 bits per heavy atom. The molecule has 2 fully saturated rings. The van der Waals surface area contributed by atoms with Crippen LogP contribution in [0.4, 0.5) is 14.0 Å². The molecule has 18 heteroatoms. The SMILES string of the molecule is COC(=O)N[C@H](C(=O)N1CCC[C@H]1c1ncc(-c2cc(F)c3c(c2)OC(c2ccc(C(C)C)s2)n2c-3cc3cc(-c4cnc([C@@H]5CCCN5C(=O)[C@@H](NC(=O)OC)C(C)C)[nH]4)ccc32)[nH]1)C(C)C. The third-order valence-electron chi connectivity index (χ3n) is 13.4. The van der Waals surface area contributed by atoms with Crippen molar-refractivity contribution in [3.8, 4) is 39.5 Å². The minimum Gasteiger partial charge on any atom is -0.464 e. The zero-order valence-corrected chi connectivity index (χ0v) is 40.3. The molecule has 5 atom stereocenters. The lowest BCUT2D eigenvalue weighted by atomic mass is 10.0. The Balaban J connectivity index is 1.03. The molecule has 0 aliphatic carbocycles. The number of nitrogens with one attached hydrogen (secondary N) is 4. The Bertz CT molecular complexity index is 2880. The summed E-state index contributed by atoms with van der Waals surface area (Å²) in [5.41, 5.74) is 4.62. The fraction of sp³-hybridized carbons (Fsp3) is 0.440. The number of hydrogen-bond acceptors (Lipinski definition) is 10. The van der Waals surface area contributed by atoms with Gasteiger partial charge in [0.2, 0.25) is 18.0 Å². The quantitative estimate of drug-likeness (QED) is 0.0927. The van der Waals surface area contributed by atoms with E-state index in [2.05, 4.69) is 57.2 Å². The van der Waals surface area contributed by atoms with Crippen LogP contribution in [0.15, 0.2) is 60.9 Å². The lowest BCUT2D eigenvalue weighted by Gasteiger charge is -2.30. The van der Waals surface area contributed by atoms with Crippen LogP contribution in [0.25, 0.3) is 44.7 Å². The van der Waals surface area contributed by atoms with Crippen LogP contribution in [-0.2, 0) is 19.1 Å². The first kappa shape index (κ1) is 46.4. The van der Waals surface area contributed by atoms with Gasteiger partial charge in [-0.1, -0.05) is 47.6 Å². The van der Waals surface area contributed by atoms with E-state index in [4.69, 9.17) is 24.2 Å². The van der Waals surface area contributed by atoms with Crippen molar-refractivity contribution in [2.75, 3.05) is 27.3 Å². The van der Waals surface area contributed by atoms with E-state index in [-0.39, 0.29) is 35.7 Å². The molecular formula is C50H58FN9O7S. The summed E-state index contributed by atoms with van der Waals surface area (Å²) in [6.07, 6.45) is 4.47. The van der Waals surface area contributed by atoms with Crippen molar-refractivity contribution in [3.63, 3.8) is 0 Å². The first-order valence-corrected chi connectivity index (χ1v) is 24.1. The van der Waals surface area contributed by atoms with Crippen LogP contribution < -0.4 is 15.4 Å². The van der Waals surface area contributed by atoms with Crippen molar-refractivity contribution in [3.05, 3.63) is 88.1 Å². The zero-order chi connectivity index (χ0) is 48.1. The monoisotopic (exact) mass is 947 g/mol. The number of imidazole rings is 2. The lowest BCUT2D eigenvalue weighted by Crippen LogP contribution is -2.51. The number of benzene rings is 2. The van der Waals surface area contributed by atoms with Gasteiger partial charge in [0.25, 0.3) is 0 Å². The normalized spacial score (nSPS) is 18.7. The van der Waals surface area contributed by atoms with Gasteiger partial charge < -0.3 is 44.6 Å². The maximum absolute atomic E-state index is 16.9. The molecule has 68 heavy (non-hydrogen) atoms. The third kappa shape index (κ3) is 8.58. The Labute approximate surface area is 398 Å². The summed E-state index contributed by atoms with van der Waals surface area (Å²) < 4.78 is 35.4. The number of amides is 4. The van der Waals surface area contributed by atoms with E-state index < -0.39 is 36.3 Å². The van der Waals surface area contributed by atoms with E-state index in [1.165, 1.54) is 25.2 Å². The number of fused-ring (bicyclic) bond motifs is 5. The number of carbonyl (C=O) groups is 4. The molecule has 2 aromatic carbocycles. The van der Waals surface area contributed by atoms with Crippen LogP contribution in [0.2, 0.25) is 0 Å². The molecule has 0 saturated carbocycles. The van der Waals surface area contributed by atoms with Gasteiger partial charge in [-0.05, 0) is 85.9 Å². The number of halogens is 1. The van der Waals surface area contributed by atoms with Crippen molar-refractivity contribution in [1.29, 1.82) is 0 Å². The first-order chi connectivity index (χ1) is 32.6. The predicted octanol–water partition coefficient (Wildman–Crippen LogP) is 9.44. The van der Waals surface area contributed by atoms with Crippen LogP contribution >= 0.6 is 11.3 Å². The number of nitrogens with zero attached hydrogens (tertiary/aromatic N) is 5. The molecule has 0 spiro atoms. The Hall–Kier alpha value is -6.69. The van der Waals surface area contributed by atoms with Gasteiger partial charge in [0.15, 0.2) is 0 Å². The summed E-state index contributed by atoms with van der Waals surface area (Å²) in [5.74, 6) is 0.738. The van der Waals surface area contributed by atoms with E-state index in [9.17, 15) is 19.2 Å². The molecule has 7 heterocycles. The van der Waals surface area contributed by atoms with Crippen LogP contribution in [-0.4, -0.2) is 97.7 Å². The predicted molar refractivity (Wildman–Crippen MR) is 255 cm³/mol. The summed E-state index contributed by atoms with van der Waals surface area (Å²) in [7, 11) is 2.55. The summed E-state index contributed by atoms with van der Waals surface area (Å²) in [6, 6.07) is 13.5. The van der Waals surface area contributed by atoms with E-state index in [0.717, 1.165) is 46.3 Å². The number of H-pyrrole nitrogens is 2. The second kappa shape index (κ2) is 18.8. The van der Waals surface area contributed by atoms with Gasteiger partial charge in [0.1, 0.15) is 35.3 Å². The Morgan fingerprint density at radius 3 is 1.87 bits per heavy atom. The number of carbonyl (C=O) groups excluding carboxylic acids is 4. The maximum Gasteiger partial charge on any atom is 0.407 e. The van der Waals surface area contributed by atoms with Gasteiger partial charge in [-0.25, -0.2) is 23.9 Å². The molecule has 9 rings (SSSR count). The molecule has 4 N–H and O–H groups in total.